The molecule has 21 heavy (non-hydrogen) atoms. The fourth-order valence-corrected chi connectivity index (χ4v) is 3.84. The molecule has 0 bridgehead atoms. The Hall–Kier alpha value is -1.84. The fourth-order valence-electron chi connectivity index (χ4n) is 3.84. The molecule has 112 valence electrons. The standard InChI is InChI=1S/C17H21NO3/c19-15(13-5-1-2-6-14(13)16(20)21)18-11-9-17(10-12-18)7-3-4-8-17/h1-2,5-6H,3-4,7-12H2,(H,20,21). The van der Waals surface area contributed by atoms with Crippen molar-refractivity contribution in [3.63, 3.8) is 0 Å². The molecule has 1 saturated heterocycles. The molecule has 1 aliphatic carbocycles. The van der Waals surface area contributed by atoms with Gasteiger partial charge in [-0.3, -0.25) is 4.79 Å². The van der Waals surface area contributed by atoms with Gasteiger partial charge in [0.25, 0.3) is 5.91 Å². The number of likely N-dealkylation sites (tertiary alicyclic amines) is 1. The summed E-state index contributed by atoms with van der Waals surface area (Å²) in [5.74, 6) is -1.18. The first-order valence-corrected chi connectivity index (χ1v) is 7.73. The maximum absolute atomic E-state index is 12.6. The number of amides is 1. The Balaban J connectivity index is 1.74. The monoisotopic (exact) mass is 287 g/mol. The lowest BCUT2D eigenvalue weighted by atomic mass is 9.77. The van der Waals surface area contributed by atoms with Crippen molar-refractivity contribution in [1.29, 1.82) is 0 Å². The van der Waals surface area contributed by atoms with E-state index in [0.717, 1.165) is 25.9 Å². The average molecular weight is 287 g/mol. The quantitative estimate of drug-likeness (QED) is 0.909. The summed E-state index contributed by atoms with van der Waals surface area (Å²) < 4.78 is 0. The predicted molar refractivity (Wildman–Crippen MR) is 79.4 cm³/mol. The van der Waals surface area contributed by atoms with E-state index in [1.165, 1.54) is 31.7 Å². The van der Waals surface area contributed by atoms with E-state index in [-0.39, 0.29) is 11.5 Å². The van der Waals surface area contributed by atoms with Gasteiger partial charge in [-0.25, -0.2) is 4.79 Å². The minimum atomic E-state index is -1.04. The van der Waals surface area contributed by atoms with E-state index >= 15 is 0 Å². The topological polar surface area (TPSA) is 57.6 Å². The molecule has 0 unspecified atom stereocenters. The van der Waals surface area contributed by atoms with Gasteiger partial charge in [-0.1, -0.05) is 25.0 Å². The average Bonchev–Trinajstić information content (AvgIpc) is 2.95. The zero-order valence-corrected chi connectivity index (χ0v) is 12.2. The van der Waals surface area contributed by atoms with E-state index < -0.39 is 5.97 Å². The van der Waals surface area contributed by atoms with Crippen molar-refractivity contribution in [3.8, 4) is 0 Å². The highest BCUT2D eigenvalue weighted by Crippen LogP contribution is 2.46. The SMILES string of the molecule is O=C(O)c1ccccc1C(=O)N1CCC2(CCCC2)CC1. The number of hydrogen-bond acceptors (Lipinski definition) is 2. The fraction of sp³-hybridized carbons (Fsp3) is 0.529. The predicted octanol–water partition coefficient (Wildman–Crippen LogP) is 3.18. The first-order valence-electron chi connectivity index (χ1n) is 7.73. The third-order valence-corrected chi connectivity index (χ3v) is 5.16. The van der Waals surface area contributed by atoms with Gasteiger partial charge in [-0.2, -0.15) is 0 Å². The second-order valence-electron chi connectivity index (χ2n) is 6.35. The van der Waals surface area contributed by atoms with Crippen LogP contribution in [0.1, 0.15) is 59.2 Å². The number of carbonyl (C=O) groups is 2. The van der Waals surface area contributed by atoms with E-state index in [1.807, 2.05) is 4.90 Å². The van der Waals surface area contributed by atoms with Crippen molar-refractivity contribution in [2.45, 2.75) is 38.5 Å². The van der Waals surface area contributed by atoms with Crippen LogP contribution in [0.5, 0.6) is 0 Å². The van der Waals surface area contributed by atoms with Gasteiger partial charge in [0.2, 0.25) is 0 Å². The largest absolute Gasteiger partial charge is 0.478 e. The van der Waals surface area contributed by atoms with Crippen molar-refractivity contribution in [2.24, 2.45) is 5.41 Å². The molecule has 2 aliphatic rings. The molecule has 4 nitrogen and oxygen atoms in total. The van der Waals surface area contributed by atoms with Gasteiger partial charge in [-0.15, -0.1) is 0 Å². The van der Waals surface area contributed by atoms with Gasteiger partial charge in [0.1, 0.15) is 0 Å². The van der Waals surface area contributed by atoms with Crippen LogP contribution in [0.4, 0.5) is 0 Å². The van der Waals surface area contributed by atoms with Gasteiger partial charge < -0.3 is 10.0 Å². The summed E-state index contributed by atoms with van der Waals surface area (Å²) in [5.41, 5.74) is 0.874. The molecular formula is C17H21NO3. The molecule has 1 aromatic carbocycles. The molecule has 4 heteroatoms. The Kier molecular flexibility index (Phi) is 3.70. The molecule has 1 aliphatic heterocycles. The molecule has 0 atom stereocenters. The van der Waals surface area contributed by atoms with Crippen molar-refractivity contribution in [2.75, 3.05) is 13.1 Å². The molecule has 3 rings (SSSR count). The molecule has 1 heterocycles. The summed E-state index contributed by atoms with van der Waals surface area (Å²) in [7, 11) is 0. The minimum absolute atomic E-state index is 0.101. The number of nitrogens with zero attached hydrogens (tertiary/aromatic N) is 1. The number of rotatable bonds is 2. The first kappa shape index (κ1) is 14.1. The minimum Gasteiger partial charge on any atom is -0.478 e. The van der Waals surface area contributed by atoms with Crippen LogP contribution < -0.4 is 0 Å². The summed E-state index contributed by atoms with van der Waals surface area (Å²) in [5, 5.41) is 9.21. The number of carboxylic acid groups (broad SMARTS) is 1. The van der Waals surface area contributed by atoms with Gasteiger partial charge in [0.05, 0.1) is 11.1 Å². The maximum atomic E-state index is 12.6. The maximum Gasteiger partial charge on any atom is 0.336 e. The van der Waals surface area contributed by atoms with Gasteiger partial charge in [0.15, 0.2) is 0 Å². The Morgan fingerprint density at radius 3 is 2.10 bits per heavy atom. The number of piperidine rings is 1. The van der Waals surface area contributed by atoms with Gasteiger partial charge in [-0.05, 0) is 43.2 Å². The van der Waals surface area contributed by atoms with E-state index in [0.29, 0.717) is 11.0 Å². The molecule has 0 aromatic heterocycles. The lowest BCUT2D eigenvalue weighted by Gasteiger charge is -2.39. The number of carboxylic acids is 1. The molecule has 1 N–H and O–H groups in total. The van der Waals surface area contributed by atoms with Gasteiger partial charge in [0, 0.05) is 13.1 Å². The Morgan fingerprint density at radius 2 is 1.52 bits per heavy atom. The highest BCUT2D eigenvalue weighted by Gasteiger charge is 2.38. The summed E-state index contributed by atoms with van der Waals surface area (Å²) in [4.78, 5) is 25.7. The number of benzene rings is 1. The van der Waals surface area contributed by atoms with Crippen LogP contribution in [0, 0.1) is 5.41 Å². The summed E-state index contributed by atoms with van der Waals surface area (Å²) >= 11 is 0. The highest BCUT2D eigenvalue weighted by atomic mass is 16.4. The molecule has 1 amide bonds. The van der Waals surface area contributed by atoms with Crippen molar-refractivity contribution < 1.29 is 14.7 Å². The summed E-state index contributed by atoms with van der Waals surface area (Å²) in [6, 6.07) is 6.50. The lowest BCUT2D eigenvalue weighted by molar-refractivity contribution is 0.0573. The second kappa shape index (κ2) is 5.51. The number of hydrogen-bond donors (Lipinski definition) is 1. The summed E-state index contributed by atoms with van der Waals surface area (Å²) in [6.07, 6.45) is 7.34. The van der Waals surface area contributed by atoms with E-state index in [2.05, 4.69) is 0 Å². The Morgan fingerprint density at radius 1 is 0.952 bits per heavy atom. The Bertz CT molecular complexity index is 551. The second-order valence-corrected chi connectivity index (χ2v) is 6.35. The smallest absolute Gasteiger partial charge is 0.336 e. The third kappa shape index (κ3) is 2.67. The highest BCUT2D eigenvalue weighted by molar-refractivity contribution is 6.04. The van der Waals surface area contributed by atoms with Crippen molar-refractivity contribution in [3.05, 3.63) is 35.4 Å². The Labute approximate surface area is 124 Å². The third-order valence-electron chi connectivity index (χ3n) is 5.16. The zero-order chi connectivity index (χ0) is 14.9. The van der Waals surface area contributed by atoms with Crippen molar-refractivity contribution in [1.82, 2.24) is 4.90 Å². The molecule has 1 aromatic rings. The number of aromatic carboxylic acids is 1. The molecule has 2 fully saturated rings. The zero-order valence-electron chi connectivity index (χ0n) is 12.2. The van der Waals surface area contributed by atoms with Crippen LogP contribution in [-0.2, 0) is 0 Å². The molecule has 0 radical (unpaired) electrons. The van der Waals surface area contributed by atoms with Gasteiger partial charge >= 0.3 is 5.97 Å². The van der Waals surface area contributed by atoms with Crippen LogP contribution in [0.3, 0.4) is 0 Å². The van der Waals surface area contributed by atoms with E-state index in [9.17, 15) is 14.7 Å². The molecule has 1 saturated carbocycles. The summed E-state index contributed by atoms with van der Waals surface area (Å²) in [6.45, 7) is 1.51. The normalized spacial score (nSPS) is 20.7. The number of carbonyl (C=O) groups excluding carboxylic acids is 1. The first-order chi connectivity index (χ1) is 10.1. The molecule has 1 spiro atoms. The van der Waals surface area contributed by atoms with E-state index in [4.69, 9.17) is 0 Å². The van der Waals surface area contributed by atoms with Crippen LogP contribution >= 0.6 is 0 Å². The van der Waals surface area contributed by atoms with Crippen molar-refractivity contribution >= 4 is 11.9 Å². The van der Waals surface area contributed by atoms with Crippen LogP contribution in [0.25, 0.3) is 0 Å². The van der Waals surface area contributed by atoms with Crippen LogP contribution in [0.15, 0.2) is 24.3 Å². The lowest BCUT2D eigenvalue weighted by Crippen LogP contribution is -2.42. The van der Waals surface area contributed by atoms with Crippen LogP contribution in [0.2, 0.25) is 0 Å². The van der Waals surface area contributed by atoms with E-state index in [1.54, 1.807) is 18.2 Å². The van der Waals surface area contributed by atoms with Crippen LogP contribution in [-0.4, -0.2) is 35.0 Å². The molecular weight excluding hydrogens is 266 g/mol.